The summed E-state index contributed by atoms with van der Waals surface area (Å²) in [6.45, 7) is 10.5. The Bertz CT molecular complexity index is 759. The van der Waals surface area contributed by atoms with E-state index in [0.717, 1.165) is 19.3 Å². The molecule has 0 spiro atoms. The van der Waals surface area contributed by atoms with Gasteiger partial charge in [-0.3, -0.25) is 9.59 Å². The van der Waals surface area contributed by atoms with Gasteiger partial charge in [-0.2, -0.15) is 0 Å². The number of hydrogen-bond donors (Lipinski definition) is 3. The third kappa shape index (κ3) is 15.0. The molecule has 4 N–H and O–H groups in total. The van der Waals surface area contributed by atoms with E-state index in [1.165, 1.54) is 0 Å². The zero-order chi connectivity index (χ0) is 27.5. The maximum atomic E-state index is 13.6. The maximum Gasteiger partial charge on any atom is 0.249 e. The molecule has 0 aromatic rings. The second kappa shape index (κ2) is 19.9. The number of carbonyl (C=O) groups is 2. The van der Waals surface area contributed by atoms with Crippen LogP contribution in [0.4, 0.5) is 4.39 Å². The van der Waals surface area contributed by atoms with Crippen molar-refractivity contribution in [2.75, 3.05) is 26.7 Å². The number of carbonyl (C=O) groups excluding carboxylic acids is 2. The predicted octanol–water partition coefficient (Wildman–Crippen LogP) is 4.86. The van der Waals surface area contributed by atoms with Crippen molar-refractivity contribution in [1.82, 2.24) is 10.2 Å². The van der Waals surface area contributed by atoms with Crippen molar-refractivity contribution in [1.29, 1.82) is 0 Å². The lowest BCUT2D eigenvalue weighted by atomic mass is 9.97. The third-order valence-electron chi connectivity index (χ3n) is 6.37. The van der Waals surface area contributed by atoms with Gasteiger partial charge >= 0.3 is 0 Å². The van der Waals surface area contributed by atoms with Crippen LogP contribution in [0.25, 0.3) is 0 Å². The van der Waals surface area contributed by atoms with Crippen LogP contribution in [0.2, 0.25) is 0 Å². The van der Waals surface area contributed by atoms with Gasteiger partial charge < -0.3 is 21.1 Å². The number of aliphatic hydroxyl groups is 1. The van der Waals surface area contributed by atoms with Gasteiger partial charge in [-0.15, -0.1) is 0 Å². The Labute approximate surface area is 218 Å². The normalized spacial score (nSPS) is 16.2. The first-order valence-electron chi connectivity index (χ1n) is 13.3. The van der Waals surface area contributed by atoms with Crippen LogP contribution in [-0.2, 0) is 9.59 Å². The monoisotopic (exact) mass is 507 g/mol. The molecule has 7 heteroatoms. The van der Waals surface area contributed by atoms with Gasteiger partial charge in [0.25, 0.3) is 0 Å². The fraction of sp³-hybridized carbons (Fsp3) is 0.655. The first-order chi connectivity index (χ1) is 17.1. The summed E-state index contributed by atoms with van der Waals surface area (Å²) in [4.78, 5) is 26.7. The van der Waals surface area contributed by atoms with Crippen LogP contribution in [0, 0.1) is 11.8 Å². The van der Waals surface area contributed by atoms with E-state index in [1.54, 1.807) is 37.9 Å². The van der Waals surface area contributed by atoms with E-state index < -0.39 is 12.3 Å². The fourth-order valence-electron chi connectivity index (χ4n) is 3.58. The Morgan fingerprint density at radius 2 is 1.83 bits per heavy atom. The molecule has 0 aromatic carbocycles. The van der Waals surface area contributed by atoms with E-state index in [-0.39, 0.29) is 24.3 Å². The third-order valence-corrected chi connectivity index (χ3v) is 6.37. The molecular formula is C29H50FN3O3. The number of rotatable bonds is 18. The summed E-state index contributed by atoms with van der Waals surface area (Å²) in [6.07, 6.45) is 14.0. The average Bonchev–Trinajstić information content (AvgIpc) is 2.86. The Kier molecular flexibility index (Phi) is 18.6. The van der Waals surface area contributed by atoms with E-state index in [4.69, 9.17) is 5.73 Å². The number of nitrogens with one attached hydrogen (secondary N) is 1. The molecule has 2 amide bonds. The molecule has 0 aromatic heterocycles. The summed E-state index contributed by atoms with van der Waals surface area (Å²) in [5.41, 5.74) is 6.61. The minimum atomic E-state index is -0.892. The van der Waals surface area contributed by atoms with Crippen LogP contribution >= 0.6 is 0 Å². The molecule has 0 aliphatic rings. The molecule has 0 aliphatic carbocycles. The molecule has 0 rings (SSSR count). The largest absolute Gasteiger partial charge is 0.391 e. The van der Waals surface area contributed by atoms with Crippen molar-refractivity contribution in [2.45, 2.75) is 85.4 Å². The summed E-state index contributed by atoms with van der Waals surface area (Å²) < 4.78 is 13.6. The number of amides is 2. The summed E-state index contributed by atoms with van der Waals surface area (Å²) in [6, 6.07) is 0. The number of hydrogen-bond acceptors (Lipinski definition) is 4. The number of nitrogens with zero attached hydrogens (tertiary/aromatic N) is 1. The molecule has 4 atom stereocenters. The second-order valence-corrected chi connectivity index (χ2v) is 9.58. The number of nitrogens with two attached hydrogens (primary N) is 1. The number of likely N-dealkylation sites (N-methyl/N-ethyl adjacent to an activating group) is 1. The van der Waals surface area contributed by atoms with Crippen LogP contribution < -0.4 is 11.1 Å². The summed E-state index contributed by atoms with van der Waals surface area (Å²) >= 11 is 0. The van der Waals surface area contributed by atoms with Gasteiger partial charge in [0.05, 0.1) is 6.10 Å². The van der Waals surface area contributed by atoms with Crippen LogP contribution in [-0.4, -0.2) is 60.8 Å². The van der Waals surface area contributed by atoms with Crippen LogP contribution in [0.5, 0.6) is 0 Å². The SMILES string of the molecule is CC/C(=C\C=C(/C)C(=O)N(C)CCC(CC)C(C)F)C(=O)NCC(O)CCC/C=C\C=C/C(C)CN. The number of allylic oxidation sites excluding steroid dienone is 5. The van der Waals surface area contributed by atoms with E-state index >= 15 is 0 Å². The van der Waals surface area contributed by atoms with Crippen LogP contribution in [0.3, 0.4) is 0 Å². The summed E-state index contributed by atoms with van der Waals surface area (Å²) in [5.74, 6) is -0.0842. The first kappa shape index (κ1) is 33.8. The molecular weight excluding hydrogens is 457 g/mol. The standard InChI is InChI=1S/C29H50FN3O3/c1-7-25(24(5)30)18-19-33(6)29(36)23(4)16-17-26(8-2)28(35)32-21-27(34)15-13-11-9-10-12-14-22(3)20-31/h9-10,12,14,16-17,22,24-25,27,34H,7-8,11,13,15,18-21,31H2,1-6H3,(H,32,35)/b10-9-,14-12-,23-16+,26-17+. The van der Waals surface area contributed by atoms with E-state index in [2.05, 4.69) is 24.4 Å². The Morgan fingerprint density at radius 3 is 2.42 bits per heavy atom. The number of aliphatic hydroxyl groups excluding tert-OH is 1. The highest BCUT2D eigenvalue weighted by Gasteiger charge is 2.17. The molecule has 0 saturated heterocycles. The Hall–Kier alpha value is -2.25. The molecule has 0 heterocycles. The van der Waals surface area contributed by atoms with Gasteiger partial charge in [-0.25, -0.2) is 4.39 Å². The van der Waals surface area contributed by atoms with Crippen molar-refractivity contribution in [3.8, 4) is 0 Å². The van der Waals surface area contributed by atoms with Crippen molar-refractivity contribution in [3.05, 3.63) is 47.6 Å². The van der Waals surface area contributed by atoms with E-state index in [0.29, 0.717) is 49.4 Å². The molecule has 0 aliphatic heterocycles. The summed E-state index contributed by atoms with van der Waals surface area (Å²) in [7, 11) is 1.71. The molecule has 0 saturated carbocycles. The minimum absolute atomic E-state index is 0.0563. The van der Waals surface area contributed by atoms with Crippen LogP contribution in [0.15, 0.2) is 47.6 Å². The van der Waals surface area contributed by atoms with Gasteiger partial charge in [0.2, 0.25) is 11.8 Å². The van der Waals surface area contributed by atoms with E-state index in [1.807, 2.05) is 26.0 Å². The second-order valence-electron chi connectivity index (χ2n) is 9.58. The molecule has 36 heavy (non-hydrogen) atoms. The summed E-state index contributed by atoms with van der Waals surface area (Å²) in [5, 5.41) is 13.0. The topological polar surface area (TPSA) is 95.7 Å². The zero-order valence-electron chi connectivity index (χ0n) is 23.3. The lowest BCUT2D eigenvalue weighted by molar-refractivity contribution is -0.126. The van der Waals surface area contributed by atoms with Gasteiger partial charge in [0.1, 0.15) is 6.17 Å². The molecule has 0 radical (unpaired) electrons. The Balaban J connectivity index is 4.60. The number of alkyl halides is 1. The maximum absolute atomic E-state index is 13.6. The molecule has 0 bridgehead atoms. The van der Waals surface area contributed by atoms with Crippen molar-refractivity contribution in [2.24, 2.45) is 17.6 Å². The van der Waals surface area contributed by atoms with Gasteiger partial charge in [-0.05, 0) is 64.3 Å². The number of unbranched alkanes of at least 4 members (excludes halogenated alkanes) is 1. The quantitative estimate of drug-likeness (QED) is 0.140. The highest BCUT2D eigenvalue weighted by molar-refractivity contribution is 5.95. The fourth-order valence-corrected chi connectivity index (χ4v) is 3.58. The number of halogens is 1. The molecule has 206 valence electrons. The van der Waals surface area contributed by atoms with Crippen molar-refractivity contribution >= 4 is 11.8 Å². The minimum Gasteiger partial charge on any atom is -0.391 e. The van der Waals surface area contributed by atoms with Gasteiger partial charge in [0.15, 0.2) is 0 Å². The highest BCUT2D eigenvalue weighted by atomic mass is 19.1. The van der Waals surface area contributed by atoms with Crippen LogP contribution in [0.1, 0.15) is 73.1 Å². The first-order valence-corrected chi connectivity index (χ1v) is 13.3. The van der Waals surface area contributed by atoms with E-state index in [9.17, 15) is 19.1 Å². The van der Waals surface area contributed by atoms with Crippen molar-refractivity contribution < 1.29 is 19.1 Å². The average molecular weight is 508 g/mol. The van der Waals surface area contributed by atoms with Crippen molar-refractivity contribution in [3.63, 3.8) is 0 Å². The highest BCUT2D eigenvalue weighted by Crippen LogP contribution is 2.17. The molecule has 4 unspecified atom stereocenters. The van der Waals surface area contributed by atoms with Gasteiger partial charge in [-0.1, -0.05) is 63.6 Å². The molecule has 0 fully saturated rings. The zero-order valence-corrected chi connectivity index (χ0v) is 23.3. The predicted molar refractivity (Wildman–Crippen MR) is 148 cm³/mol. The Morgan fingerprint density at radius 1 is 1.14 bits per heavy atom. The molecule has 6 nitrogen and oxygen atoms in total. The van der Waals surface area contributed by atoms with Gasteiger partial charge in [0, 0.05) is 31.3 Å². The smallest absolute Gasteiger partial charge is 0.249 e. The lowest BCUT2D eigenvalue weighted by Crippen LogP contribution is -2.33. The lowest BCUT2D eigenvalue weighted by Gasteiger charge is -2.22.